The zero-order valence-electron chi connectivity index (χ0n) is 13.5. The maximum atomic E-state index is 6.23. The Morgan fingerprint density at radius 2 is 1.58 bits per heavy atom. The van der Waals surface area contributed by atoms with Gasteiger partial charge in [-0.15, -0.1) is 0 Å². The lowest BCUT2D eigenvalue weighted by molar-refractivity contribution is 0.374. The van der Waals surface area contributed by atoms with Gasteiger partial charge in [-0.3, -0.25) is 0 Å². The number of nitrogens with zero attached hydrogens (tertiary/aromatic N) is 3. The number of hydrogen-bond donors (Lipinski definition) is 1. The number of nitrogen functional groups attached to an aromatic ring is 1. The number of ether oxygens (including phenoxy) is 2. The molecular formula is C18H18N4O2. The SMILES string of the molecule is COc1ccccc1Oc1ncnc(N(C)c2ccccc2)c1N. The van der Waals surface area contributed by atoms with Crippen LogP contribution in [0.25, 0.3) is 0 Å². The van der Waals surface area contributed by atoms with Gasteiger partial charge in [-0.2, -0.15) is 4.98 Å². The summed E-state index contributed by atoms with van der Waals surface area (Å²) < 4.78 is 11.1. The average Bonchev–Trinajstić information content (AvgIpc) is 2.64. The summed E-state index contributed by atoms with van der Waals surface area (Å²) in [5, 5.41) is 0. The third kappa shape index (κ3) is 3.08. The van der Waals surface area contributed by atoms with Crippen LogP contribution in [0.1, 0.15) is 0 Å². The van der Waals surface area contributed by atoms with Crippen LogP contribution >= 0.6 is 0 Å². The molecule has 0 radical (unpaired) electrons. The number of benzene rings is 2. The van der Waals surface area contributed by atoms with Crippen LogP contribution in [0, 0.1) is 0 Å². The highest BCUT2D eigenvalue weighted by molar-refractivity contribution is 5.74. The predicted octanol–water partition coefficient (Wildman–Crippen LogP) is 3.63. The molecule has 0 bridgehead atoms. The van der Waals surface area contributed by atoms with Gasteiger partial charge in [0.2, 0.25) is 5.88 Å². The van der Waals surface area contributed by atoms with Crippen molar-refractivity contribution >= 4 is 17.2 Å². The summed E-state index contributed by atoms with van der Waals surface area (Å²) in [6, 6.07) is 17.1. The highest BCUT2D eigenvalue weighted by Crippen LogP contribution is 2.36. The Labute approximate surface area is 140 Å². The third-order valence-corrected chi connectivity index (χ3v) is 3.56. The minimum Gasteiger partial charge on any atom is -0.493 e. The number of anilines is 3. The lowest BCUT2D eigenvalue weighted by Crippen LogP contribution is -2.14. The molecule has 2 N–H and O–H groups in total. The van der Waals surface area contributed by atoms with E-state index in [0.29, 0.717) is 23.0 Å². The first kappa shape index (κ1) is 15.6. The number of hydrogen-bond acceptors (Lipinski definition) is 6. The van der Waals surface area contributed by atoms with E-state index in [4.69, 9.17) is 15.2 Å². The zero-order valence-corrected chi connectivity index (χ0v) is 13.5. The maximum Gasteiger partial charge on any atom is 0.248 e. The molecule has 0 fully saturated rings. The van der Waals surface area contributed by atoms with Crippen molar-refractivity contribution in [2.75, 3.05) is 24.8 Å². The van der Waals surface area contributed by atoms with Crippen LogP contribution in [-0.2, 0) is 0 Å². The fraction of sp³-hybridized carbons (Fsp3) is 0.111. The summed E-state index contributed by atoms with van der Waals surface area (Å²) in [7, 11) is 3.47. The van der Waals surface area contributed by atoms with Crippen molar-refractivity contribution in [3.63, 3.8) is 0 Å². The lowest BCUT2D eigenvalue weighted by atomic mass is 10.3. The monoisotopic (exact) mass is 322 g/mol. The smallest absolute Gasteiger partial charge is 0.248 e. The van der Waals surface area contributed by atoms with Gasteiger partial charge in [0.1, 0.15) is 12.0 Å². The third-order valence-electron chi connectivity index (χ3n) is 3.56. The van der Waals surface area contributed by atoms with Crippen molar-refractivity contribution in [2.24, 2.45) is 0 Å². The molecule has 0 saturated heterocycles. The topological polar surface area (TPSA) is 73.5 Å². The Bertz CT molecular complexity index is 824. The van der Waals surface area contributed by atoms with Crippen LogP contribution < -0.4 is 20.1 Å². The van der Waals surface area contributed by atoms with Gasteiger partial charge in [0.25, 0.3) is 0 Å². The molecule has 0 atom stereocenters. The van der Waals surface area contributed by atoms with E-state index in [9.17, 15) is 0 Å². The van der Waals surface area contributed by atoms with Gasteiger partial charge in [-0.25, -0.2) is 4.98 Å². The van der Waals surface area contributed by atoms with Crippen molar-refractivity contribution in [1.82, 2.24) is 9.97 Å². The molecule has 0 aliphatic rings. The highest BCUT2D eigenvalue weighted by atomic mass is 16.5. The Balaban J connectivity index is 1.94. The molecule has 0 saturated carbocycles. The Morgan fingerprint density at radius 3 is 2.29 bits per heavy atom. The molecule has 1 heterocycles. The maximum absolute atomic E-state index is 6.23. The van der Waals surface area contributed by atoms with Crippen molar-refractivity contribution in [1.29, 1.82) is 0 Å². The quantitative estimate of drug-likeness (QED) is 0.773. The van der Waals surface area contributed by atoms with Gasteiger partial charge in [-0.1, -0.05) is 30.3 Å². The molecule has 0 unspecified atom stereocenters. The molecule has 3 aromatic rings. The molecule has 0 spiro atoms. The largest absolute Gasteiger partial charge is 0.493 e. The van der Waals surface area contributed by atoms with Crippen molar-refractivity contribution in [3.8, 4) is 17.4 Å². The zero-order chi connectivity index (χ0) is 16.9. The van der Waals surface area contributed by atoms with Crippen LogP contribution in [0.5, 0.6) is 17.4 Å². The Morgan fingerprint density at radius 1 is 0.917 bits per heavy atom. The average molecular weight is 322 g/mol. The van der Waals surface area contributed by atoms with E-state index in [1.807, 2.05) is 60.5 Å². The van der Waals surface area contributed by atoms with Crippen LogP contribution in [0.15, 0.2) is 60.9 Å². The number of rotatable bonds is 5. The van der Waals surface area contributed by atoms with Gasteiger partial charge < -0.3 is 20.1 Å². The molecular weight excluding hydrogens is 304 g/mol. The second-order valence-electron chi connectivity index (χ2n) is 5.06. The summed E-state index contributed by atoms with van der Waals surface area (Å²) in [6.45, 7) is 0. The molecule has 1 aromatic heterocycles. The highest BCUT2D eigenvalue weighted by Gasteiger charge is 2.16. The van der Waals surface area contributed by atoms with Gasteiger partial charge in [0.15, 0.2) is 17.3 Å². The molecule has 6 nitrogen and oxygen atoms in total. The van der Waals surface area contributed by atoms with Crippen molar-refractivity contribution in [3.05, 3.63) is 60.9 Å². The Hall–Kier alpha value is -3.28. The molecule has 0 amide bonds. The lowest BCUT2D eigenvalue weighted by Gasteiger charge is -2.20. The predicted molar refractivity (Wildman–Crippen MR) is 94.0 cm³/mol. The number of nitrogens with two attached hydrogens (primary N) is 1. The van der Waals surface area contributed by atoms with Crippen LogP contribution in [0.4, 0.5) is 17.2 Å². The summed E-state index contributed by atoms with van der Waals surface area (Å²) in [4.78, 5) is 10.3. The van der Waals surface area contributed by atoms with Crippen LogP contribution in [0.3, 0.4) is 0 Å². The summed E-state index contributed by atoms with van der Waals surface area (Å²) in [5.41, 5.74) is 7.55. The normalized spacial score (nSPS) is 10.2. The van der Waals surface area contributed by atoms with Gasteiger partial charge in [-0.05, 0) is 24.3 Å². The van der Waals surface area contributed by atoms with Gasteiger partial charge >= 0.3 is 0 Å². The first-order chi connectivity index (χ1) is 11.7. The van der Waals surface area contributed by atoms with E-state index in [-0.39, 0.29) is 5.88 Å². The van der Waals surface area contributed by atoms with Crippen LogP contribution in [0.2, 0.25) is 0 Å². The number of para-hydroxylation sites is 3. The first-order valence-corrected chi connectivity index (χ1v) is 7.41. The van der Waals surface area contributed by atoms with Crippen molar-refractivity contribution < 1.29 is 9.47 Å². The molecule has 2 aromatic carbocycles. The Kier molecular flexibility index (Phi) is 4.47. The molecule has 3 rings (SSSR count). The summed E-state index contributed by atoms with van der Waals surface area (Å²) >= 11 is 0. The second kappa shape index (κ2) is 6.87. The fourth-order valence-corrected chi connectivity index (χ4v) is 2.30. The van der Waals surface area contributed by atoms with Gasteiger partial charge in [0, 0.05) is 12.7 Å². The minimum atomic E-state index is 0.285. The van der Waals surface area contributed by atoms with E-state index in [2.05, 4.69) is 9.97 Å². The molecule has 122 valence electrons. The van der Waals surface area contributed by atoms with Gasteiger partial charge in [0.05, 0.1) is 7.11 Å². The van der Waals surface area contributed by atoms with Crippen molar-refractivity contribution in [2.45, 2.75) is 0 Å². The van der Waals surface area contributed by atoms with E-state index < -0.39 is 0 Å². The minimum absolute atomic E-state index is 0.285. The van der Waals surface area contributed by atoms with E-state index in [1.165, 1.54) is 6.33 Å². The molecule has 0 aliphatic heterocycles. The standard InChI is InChI=1S/C18H18N4O2/c1-22(13-8-4-3-5-9-13)17-16(19)18(21-12-20-17)24-15-11-7-6-10-14(15)23-2/h3-12H,19H2,1-2H3. The molecule has 24 heavy (non-hydrogen) atoms. The van der Waals surface area contributed by atoms with Crippen LogP contribution in [-0.4, -0.2) is 24.1 Å². The molecule has 6 heteroatoms. The fourth-order valence-electron chi connectivity index (χ4n) is 2.30. The first-order valence-electron chi connectivity index (χ1n) is 7.41. The van der Waals surface area contributed by atoms with E-state index >= 15 is 0 Å². The van der Waals surface area contributed by atoms with E-state index in [1.54, 1.807) is 13.2 Å². The van der Waals surface area contributed by atoms with E-state index in [0.717, 1.165) is 5.69 Å². The second-order valence-corrected chi connectivity index (χ2v) is 5.06. The summed E-state index contributed by atoms with van der Waals surface area (Å²) in [5.74, 6) is 2.00. The number of methoxy groups -OCH3 is 1. The number of aromatic nitrogens is 2. The summed E-state index contributed by atoms with van der Waals surface area (Å²) in [6.07, 6.45) is 1.43. The molecule has 0 aliphatic carbocycles.